The Labute approximate surface area is 555 Å². The number of hydrogen-bond donors (Lipinski definition) is 3. The molecule has 5 N–H and O–H groups in total. The van der Waals surface area contributed by atoms with Crippen molar-refractivity contribution < 1.29 is 47.3 Å². The summed E-state index contributed by atoms with van der Waals surface area (Å²) in [5.74, 6) is 1.99. The third-order valence-electron chi connectivity index (χ3n) is 15.5. The minimum Gasteiger partial charge on any atom is -0.626 e. The Hall–Kier alpha value is -8.39. The number of amides is 1. The van der Waals surface area contributed by atoms with Gasteiger partial charge in [-0.15, -0.1) is 27.3 Å². The van der Waals surface area contributed by atoms with E-state index in [9.17, 15) is 4.79 Å². The van der Waals surface area contributed by atoms with Crippen molar-refractivity contribution in [3.05, 3.63) is 192 Å². The normalized spacial score (nSPS) is 13.8. The minimum absolute atomic E-state index is 0. The van der Waals surface area contributed by atoms with Gasteiger partial charge in [-0.2, -0.15) is 10.2 Å². The topological polar surface area (TPSA) is 224 Å². The molecule has 2 aliphatic rings. The average Bonchev–Trinajstić information content (AvgIpc) is 1.52. The number of aromatic nitrogens is 8. The van der Waals surface area contributed by atoms with Gasteiger partial charge in [0.05, 0.1) is 35.9 Å². The molecule has 1 amide bonds. The van der Waals surface area contributed by atoms with Gasteiger partial charge in [-0.05, 0) is 78.1 Å². The van der Waals surface area contributed by atoms with Gasteiger partial charge < -0.3 is 53.2 Å². The third kappa shape index (κ3) is 20.3. The second-order valence-corrected chi connectivity index (χ2v) is 22.1. The molecule has 2 fully saturated rings. The van der Waals surface area contributed by atoms with Gasteiger partial charge in [-0.3, -0.25) is 25.5 Å². The number of para-hydroxylation sites is 2. The molecule has 0 spiro atoms. The van der Waals surface area contributed by atoms with Crippen LogP contribution in [0.1, 0.15) is 87.4 Å². The zero-order valence-electron chi connectivity index (χ0n) is 54.7. The van der Waals surface area contributed by atoms with Gasteiger partial charge in [0.15, 0.2) is 25.2 Å². The Morgan fingerprint density at radius 3 is 1.41 bits per heavy atom. The molecule has 9 aromatic rings. The molecule has 4 aromatic heterocycles. The monoisotopic (exact) mass is 1240 g/mol. The van der Waals surface area contributed by atoms with Crippen molar-refractivity contribution >= 4 is 25.6 Å². The van der Waals surface area contributed by atoms with Crippen LogP contribution >= 0.6 is 0 Å². The summed E-state index contributed by atoms with van der Waals surface area (Å²) in [7, 11) is 8.01. The summed E-state index contributed by atoms with van der Waals surface area (Å²) in [6, 6.07) is 46.4. The molecule has 11 rings (SSSR count). The van der Waals surface area contributed by atoms with E-state index in [4.69, 9.17) is 43.0 Å². The Kier molecular flexibility index (Phi) is 28.7. The fourth-order valence-corrected chi connectivity index (χ4v) is 10.2. The summed E-state index contributed by atoms with van der Waals surface area (Å²) in [5, 5.41) is 29.8. The van der Waals surface area contributed by atoms with Crippen LogP contribution in [-0.2, 0) is 33.9 Å². The number of benzene rings is 5. The van der Waals surface area contributed by atoms with E-state index in [1.807, 2.05) is 126 Å². The molecule has 477 valence electrons. The maximum absolute atomic E-state index is 12.5. The second-order valence-electron chi connectivity index (χ2n) is 22.1. The second kappa shape index (κ2) is 37.2. The predicted molar refractivity (Wildman–Crippen MR) is 360 cm³/mol. The van der Waals surface area contributed by atoms with E-state index in [1.54, 1.807) is 25.3 Å². The SMILES string of the molecule is CCCC.COCOc1ccccc1-c1cc(-c2cnn(C(C)c3ccc(CN4CCN(C(=O)OCc5ccccc5)CC4)cc3)c2)c(N)nn1.COCOc1ccccc1-c1cc(-c2cnn(C(C)c3ccc(CN4CCNCC4)cc3)c2)c(N)nn1.[B-]CC.[Li+]. The predicted octanol–water partition coefficient (Wildman–Crippen LogP) is 8.63. The van der Waals surface area contributed by atoms with Crippen molar-refractivity contribution in [1.29, 1.82) is 0 Å². The number of anilines is 2. The van der Waals surface area contributed by atoms with Crippen molar-refractivity contribution in [3.63, 3.8) is 0 Å². The number of nitrogen functional groups attached to an aromatic ring is 2. The number of carbonyl (C=O) groups excluding carboxylic acids is 1. The van der Waals surface area contributed by atoms with E-state index in [0.717, 1.165) is 103 Å². The Morgan fingerprint density at radius 2 is 0.978 bits per heavy atom. The van der Waals surface area contributed by atoms with Gasteiger partial charge in [0.2, 0.25) is 0 Å². The fourth-order valence-electron chi connectivity index (χ4n) is 10.2. The molecule has 5 aromatic carbocycles. The van der Waals surface area contributed by atoms with Crippen LogP contribution in [0.4, 0.5) is 16.4 Å². The van der Waals surface area contributed by atoms with E-state index in [2.05, 4.69) is 122 Å². The number of nitrogens with one attached hydrogen (secondary N) is 1. The molecular formula is C70H87BLiN14O6. The van der Waals surface area contributed by atoms with Gasteiger partial charge in [-0.25, -0.2) is 4.79 Å². The van der Waals surface area contributed by atoms with Gasteiger partial charge in [0, 0.05) is 125 Å². The first-order chi connectivity index (χ1) is 44.4. The summed E-state index contributed by atoms with van der Waals surface area (Å²) in [4.78, 5) is 19.2. The Balaban J connectivity index is 0.000000240. The number of nitrogens with two attached hydrogens (primary N) is 2. The maximum atomic E-state index is 12.5. The van der Waals surface area contributed by atoms with Gasteiger partial charge in [0.1, 0.15) is 18.1 Å². The zero-order valence-corrected chi connectivity index (χ0v) is 54.7. The molecule has 0 aliphatic carbocycles. The standard InChI is InChI=1S/C36H39N7O4.C28H33N7O2.C4H10.C2H5B.Li/c1-26(43-23-30(21-38-43)32-20-33(39-40-35(32)37)31-10-6-7-11-34(31)47-25-45-2)29-14-12-27(13-15-29)22-41-16-18-42(19-17-41)36(44)46-24-28-8-4-3-5-9-28;1-20(22-9-7-21(8-10-22)17-34-13-11-30-12-14-34)35-18-23(16-31-35)25-15-26(32-33-28(25)29)24-5-3-4-6-27(24)37-19-36-2;1-3-4-2;1-2-3;/h3-15,20-21,23,26H,16-19,22,24-25H2,1-2H3,(H2,37,40);3-10,15-16,18,20,30H,11-14,17,19H2,1-2H3,(H2,29,33);3-4H2,1-2H3;2H2,1H3;/q;;;-1;+1. The third-order valence-corrected chi connectivity index (χ3v) is 15.5. The number of ether oxygens (including phenoxy) is 5. The molecule has 2 unspecified atom stereocenters. The van der Waals surface area contributed by atoms with Gasteiger partial charge in [-0.1, -0.05) is 130 Å². The molecule has 2 aliphatic heterocycles. The van der Waals surface area contributed by atoms with Crippen LogP contribution in [0.5, 0.6) is 11.5 Å². The largest absolute Gasteiger partial charge is 1.00 e. The first kappa shape index (κ1) is 71.1. The molecule has 6 heterocycles. The molecule has 0 saturated carbocycles. The van der Waals surface area contributed by atoms with Crippen molar-refractivity contribution in [1.82, 2.24) is 60.0 Å². The number of hydrogen-bond acceptors (Lipinski definition) is 17. The van der Waals surface area contributed by atoms with Crippen molar-refractivity contribution in [2.24, 2.45) is 0 Å². The maximum Gasteiger partial charge on any atom is 1.00 e. The van der Waals surface area contributed by atoms with Gasteiger partial charge in [0.25, 0.3) is 0 Å². The summed E-state index contributed by atoms with van der Waals surface area (Å²) < 4.78 is 31.0. The molecule has 0 bridgehead atoms. The molecule has 2 saturated heterocycles. The van der Waals surface area contributed by atoms with E-state index in [0.29, 0.717) is 54.2 Å². The molecule has 20 nitrogen and oxygen atoms in total. The number of unbranched alkanes of at least 4 members (excludes halogenated alkanes) is 1. The first-order valence-electron chi connectivity index (χ1n) is 31.2. The van der Waals surface area contributed by atoms with Crippen LogP contribution in [-0.4, -0.2) is 149 Å². The van der Waals surface area contributed by atoms with E-state index < -0.39 is 0 Å². The van der Waals surface area contributed by atoms with E-state index >= 15 is 0 Å². The van der Waals surface area contributed by atoms with Crippen molar-refractivity contribution in [2.45, 2.75) is 85.6 Å². The minimum atomic E-state index is -0.255. The van der Waals surface area contributed by atoms with E-state index in [1.165, 1.54) is 29.5 Å². The Bertz CT molecular complexity index is 3620. The molecule has 92 heavy (non-hydrogen) atoms. The average molecular weight is 1240 g/mol. The van der Waals surface area contributed by atoms with Gasteiger partial charge >= 0.3 is 25.0 Å². The first-order valence-corrected chi connectivity index (χ1v) is 31.2. The Morgan fingerprint density at radius 1 is 0.554 bits per heavy atom. The molecular weight excluding hydrogens is 1150 g/mol. The van der Waals surface area contributed by atoms with Crippen LogP contribution in [0.25, 0.3) is 44.8 Å². The number of carbonyl (C=O) groups is 1. The quantitative estimate of drug-likeness (QED) is 0.0452. The summed E-state index contributed by atoms with van der Waals surface area (Å²) >= 11 is 0. The number of rotatable bonds is 21. The number of nitrogens with zero attached hydrogens (tertiary/aromatic N) is 11. The number of piperazine rings is 2. The van der Waals surface area contributed by atoms with Crippen LogP contribution in [0, 0.1) is 0 Å². The molecule has 2 atom stereocenters. The van der Waals surface area contributed by atoms with Crippen molar-refractivity contribution in [2.75, 3.05) is 91.6 Å². The zero-order chi connectivity index (χ0) is 64.3. The molecule has 3 radical (unpaired) electrons. The summed E-state index contributed by atoms with van der Waals surface area (Å²) in [6.45, 7) is 20.1. The number of methoxy groups -OCH3 is 2. The summed E-state index contributed by atoms with van der Waals surface area (Å²) in [5.41, 5.74) is 24.6. The summed E-state index contributed by atoms with van der Waals surface area (Å²) in [6.07, 6.45) is 10.7. The van der Waals surface area contributed by atoms with Crippen LogP contribution in [0.15, 0.2) is 164 Å². The van der Waals surface area contributed by atoms with Crippen molar-refractivity contribution in [3.8, 4) is 56.3 Å². The van der Waals surface area contributed by atoms with Crippen LogP contribution in [0.3, 0.4) is 0 Å². The fraction of sp³-hybridized carbons (Fsp3) is 0.357. The molecule has 22 heteroatoms. The smallest absolute Gasteiger partial charge is 0.626 e. The van der Waals surface area contributed by atoms with Crippen LogP contribution in [0.2, 0.25) is 6.32 Å². The van der Waals surface area contributed by atoms with Crippen LogP contribution < -0.4 is 45.1 Å². The van der Waals surface area contributed by atoms with E-state index in [-0.39, 0.29) is 50.6 Å².